The quantitative estimate of drug-likeness (QED) is 0.803. The van der Waals surface area contributed by atoms with Crippen LogP contribution in [0.25, 0.3) is 0 Å². The summed E-state index contributed by atoms with van der Waals surface area (Å²) in [5.74, 6) is 0.126. The highest BCUT2D eigenvalue weighted by atomic mass is 16.5. The van der Waals surface area contributed by atoms with E-state index in [9.17, 15) is 4.79 Å². The summed E-state index contributed by atoms with van der Waals surface area (Å²) in [5, 5.41) is 3.12. The third-order valence-corrected chi connectivity index (χ3v) is 4.44. The number of amides is 1. The second-order valence-electron chi connectivity index (χ2n) is 6.04. The van der Waals surface area contributed by atoms with Gasteiger partial charge in [-0.2, -0.15) is 0 Å². The van der Waals surface area contributed by atoms with Gasteiger partial charge in [0.2, 0.25) is 5.91 Å². The van der Waals surface area contributed by atoms with Gasteiger partial charge in [-0.3, -0.25) is 4.79 Å². The minimum atomic E-state index is -0.248. The van der Waals surface area contributed by atoms with Crippen LogP contribution in [0.15, 0.2) is 0 Å². The zero-order valence-electron chi connectivity index (χ0n) is 11.4. The van der Waals surface area contributed by atoms with Crippen molar-refractivity contribution in [3.05, 3.63) is 0 Å². The Morgan fingerprint density at radius 3 is 2.67 bits per heavy atom. The first-order valence-electron chi connectivity index (χ1n) is 7.22. The summed E-state index contributed by atoms with van der Waals surface area (Å²) in [4.78, 5) is 12.0. The van der Waals surface area contributed by atoms with Crippen LogP contribution in [-0.4, -0.2) is 30.7 Å². The normalized spacial score (nSPS) is 31.2. The summed E-state index contributed by atoms with van der Waals surface area (Å²) in [6.07, 6.45) is 9.41. The van der Waals surface area contributed by atoms with Crippen LogP contribution in [0.1, 0.15) is 57.8 Å². The molecule has 2 saturated carbocycles. The minimum absolute atomic E-state index is 0.126. The molecule has 4 nitrogen and oxygen atoms in total. The molecule has 0 heterocycles. The first-order chi connectivity index (χ1) is 8.61. The lowest BCUT2D eigenvalue weighted by Gasteiger charge is -2.33. The van der Waals surface area contributed by atoms with E-state index in [0.717, 1.165) is 32.1 Å². The second kappa shape index (κ2) is 6.02. The average Bonchev–Trinajstić information content (AvgIpc) is 2.76. The van der Waals surface area contributed by atoms with E-state index in [4.69, 9.17) is 10.5 Å². The minimum Gasteiger partial charge on any atom is -0.381 e. The van der Waals surface area contributed by atoms with Crippen LogP contribution in [-0.2, 0) is 9.53 Å². The van der Waals surface area contributed by atoms with Crippen molar-refractivity contribution < 1.29 is 9.53 Å². The number of rotatable bonds is 4. The highest BCUT2D eigenvalue weighted by Crippen LogP contribution is 2.29. The Balaban J connectivity index is 1.75. The number of nitrogens with two attached hydrogens (primary N) is 1. The molecule has 0 aliphatic heterocycles. The molecule has 0 saturated heterocycles. The van der Waals surface area contributed by atoms with Gasteiger partial charge >= 0.3 is 0 Å². The van der Waals surface area contributed by atoms with Crippen LogP contribution in [0.3, 0.4) is 0 Å². The Kier molecular flexibility index (Phi) is 4.62. The van der Waals surface area contributed by atoms with Gasteiger partial charge in [0, 0.05) is 25.1 Å². The monoisotopic (exact) mass is 254 g/mol. The molecule has 0 radical (unpaired) electrons. The molecule has 0 aromatic carbocycles. The van der Waals surface area contributed by atoms with Crippen molar-refractivity contribution in [1.29, 1.82) is 0 Å². The fourth-order valence-electron chi connectivity index (χ4n) is 3.32. The van der Waals surface area contributed by atoms with Crippen molar-refractivity contribution in [2.24, 2.45) is 5.73 Å². The molecule has 2 atom stereocenters. The molecule has 2 aliphatic rings. The van der Waals surface area contributed by atoms with Crippen molar-refractivity contribution in [2.75, 3.05) is 7.11 Å². The zero-order chi connectivity index (χ0) is 13.0. The fourth-order valence-corrected chi connectivity index (χ4v) is 3.32. The Morgan fingerprint density at radius 2 is 2.06 bits per heavy atom. The summed E-state index contributed by atoms with van der Waals surface area (Å²) in [5.41, 5.74) is 6.05. The maximum absolute atomic E-state index is 12.0. The van der Waals surface area contributed by atoms with Crippen molar-refractivity contribution in [2.45, 2.75) is 75.5 Å². The van der Waals surface area contributed by atoms with Gasteiger partial charge in [0.15, 0.2) is 0 Å². The van der Waals surface area contributed by atoms with Crippen LogP contribution in [0.4, 0.5) is 0 Å². The Morgan fingerprint density at radius 1 is 1.33 bits per heavy atom. The number of carbonyl (C=O) groups excluding carboxylic acids is 1. The molecule has 104 valence electrons. The van der Waals surface area contributed by atoms with Crippen LogP contribution in [0.2, 0.25) is 0 Å². The first-order valence-corrected chi connectivity index (χ1v) is 7.22. The van der Waals surface area contributed by atoms with Crippen LogP contribution in [0.5, 0.6) is 0 Å². The molecule has 3 N–H and O–H groups in total. The Labute approximate surface area is 110 Å². The molecule has 0 bridgehead atoms. The molecule has 18 heavy (non-hydrogen) atoms. The van der Waals surface area contributed by atoms with E-state index in [2.05, 4.69) is 5.32 Å². The summed E-state index contributed by atoms with van der Waals surface area (Å²) < 4.78 is 5.32. The van der Waals surface area contributed by atoms with Gasteiger partial charge in [-0.05, 0) is 32.1 Å². The number of hydrogen-bond donors (Lipinski definition) is 2. The fraction of sp³-hybridized carbons (Fsp3) is 0.929. The summed E-state index contributed by atoms with van der Waals surface area (Å²) in [6, 6.07) is 0.287. The molecule has 2 aliphatic carbocycles. The number of carbonyl (C=O) groups is 1. The highest BCUT2D eigenvalue weighted by molar-refractivity contribution is 5.77. The lowest BCUT2D eigenvalue weighted by molar-refractivity contribution is -0.123. The summed E-state index contributed by atoms with van der Waals surface area (Å²) in [7, 11) is 1.74. The van der Waals surface area contributed by atoms with Gasteiger partial charge in [-0.25, -0.2) is 0 Å². The van der Waals surface area contributed by atoms with Gasteiger partial charge in [-0.15, -0.1) is 0 Å². The van der Waals surface area contributed by atoms with Gasteiger partial charge < -0.3 is 15.8 Å². The standard InChI is InChI=1S/C14H26N2O2/c1-18-12-6-5-11(9-12)16-13(17)10-14(15)7-3-2-4-8-14/h11-12H,2-10,15H2,1H3,(H,16,17). The number of nitrogens with one attached hydrogen (secondary N) is 1. The van der Waals surface area contributed by atoms with Gasteiger partial charge in [-0.1, -0.05) is 19.3 Å². The molecule has 0 spiro atoms. The predicted molar refractivity (Wildman–Crippen MR) is 71.2 cm³/mol. The van der Waals surface area contributed by atoms with Crippen LogP contribution >= 0.6 is 0 Å². The van der Waals surface area contributed by atoms with Gasteiger partial charge in [0.25, 0.3) is 0 Å². The van der Waals surface area contributed by atoms with E-state index in [-0.39, 0.29) is 17.5 Å². The molecule has 1 amide bonds. The van der Waals surface area contributed by atoms with Crippen molar-refractivity contribution in [3.63, 3.8) is 0 Å². The first kappa shape index (κ1) is 13.8. The third kappa shape index (κ3) is 3.69. The molecule has 2 fully saturated rings. The SMILES string of the molecule is COC1CCC(NC(=O)CC2(N)CCCCC2)C1. The van der Waals surface area contributed by atoms with E-state index in [1.54, 1.807) is 7.11 Å². The maximum Gasteiger partial charge on any atom is 0.222 e. The molecule has 2 rings (SSSR count). The lowest BCUT2D eigenvalue weighted by atomic mass is 9.80. The maximum atomic E-state index is 12.0. The summed E-state index contributed by atoms with van der Waals surface area (Å²) >= 11 is 0. The molecule has 4 heteroatoms. The number of hydrogen-bond acceptors (Lipinski definition) is 3. The van der Waals surface area contributed by atoms with Crippen molar-refractivity contribution in [3.8, 4) is 0 Å². The smallest absolute Gasteiger partial charge is 0.222 e. The van der Waals surface area contributed by atoms with E-state index >= 15 is 0 Å². The van der Waals surface area contributed by atoms with E-state index in [1.807, 2.05) is 0 Å². The molecular formula is C14H26N2O2. The molecule has 0 aromatic heterocycles. The molecule has 2 unspecified atom stereocenters. The van der Waals surface area contributed by atoms with Crippen molar-refractivity contribution in [1.82, 2.24) is 5.32 Å². The van der Waals surface area contributed by atoms with E-state index < -0.39 is 0 Å². The topological polar surface area (TPSA) is 64.3 Å². The second-order valence-corrected chi connectivity index (χ2v) is 6.04. The van der Waals surface area contributed by atoms with Gasteiger partial charge in [0.05, 0.1) is 6.10 Å². The Bertz CT molecular complexity index is 288. The Hall–Kier alpha value is -0.610. The largest absolute Gasteiger partial charge is 0.381 e. The van der Waals surface area contributed by atoms with Gasteiger partial charge in [0.1, 0.15) is 0 Å². The van der Waals surface area contributed by atoms with Crippen LogP contribution in [0, 0.1) is 0 Å². The van der Waals surface area contributed by atoms with Crippen molar-refractivity contribution >= 4 is 5.91 Å². The number of ether oxygens (including phenoxy) is 1. The molecular weight excluding hydrogens is 228 g/mol. The summed E-state index contributed by atoms with van der Waals surface area (Å²) in [6.45, 7) is 0. The lowest BCUT2D eigenvalue weighted by Crippen LogP contribution is -2.47. The highest BCUT2D eigenvalue weighted by Gasteiger charge is 2.32. The van der Waals surface area contributed by atoms with Crippen LogP contribution < -0.4 is 11.1 Å². The third-order valence-electron chi connectivity index (χ3n) is 4.44. The predicted octanol–water partition coefficient (Wildman–Crippen LogP) is 1.72. The molecule has 0 aromatic rings. The average molecular weight is 254 g/mol. The van der Waals surface area contributed by atoms with E-state index in [0.29, 0.717) is 12.5 Å². The van der Waals surface area contributed by atoms with E-state index in [1.165, 1.54) is 19.3 Å². The zero-order valence-corrected chi connectivity index (χ0v) is 11.4. The number of methoxy groups -OCH3 is 1.